The molecule has 0 fully saturated rings. The summed E-state index contributed by atoms with van der Waals surface area (Å²) in [6.45, 7) is 6.58. The van der Waals surface area contributed by atoms with E-state index in [0.29, 0.717) is 6.61 Å². The molecule has 0 spiro atoms. The zero-order valence-electron chi connectivity index (χ0n) is 9.99. The topological polar surface area (TPSA) is 21.6 Å². The van der Waals surface area contributed by atoms with Gasteiger partial charge in [0.05, 0.1) is 5.76 Å². The highest BCUT2D eigenvalue weighted by Gasteiger charge is 2.15. The zero-order valence-corrected chi connectivity index (χ0v) is 9.99. The monoisotopic (exact) mass is 225 g/mol. The van der Waals surface area contributed by atoms with Crippen molar-refractivity contribution < 1.29 is 4.74 Å². The van der Waals surface area contributed by atoms with Crippen LogP contribution in [0, 0.1) is 0 Å². The first-order valence-corrected chi connectivity index (χ1v) is 5.87. The van der Waals surface area contributed by atoms with E-state index in [-0.39, 0.29) is 0 Å². The van der Waals surface area contributed by atoms with Crippen LogP contribution in [0.2, 0.25) is 0 Å². The van der Waals surface area contributed by atoms with E-state index in [1.54, 1.807) is 0 Å². The van der Waals surface area contributed by atoms with Crippen LogP contribution >= 0.6 is 0 Å². The van der Waals surface area contributed by atoms with E-state index >= 15 is 0 Å². The highest BCUT2D eigenvalue weighted by Crippen LogP contribution is 2.29. The van der Waals surface area contributed by atoms with Gasteiger partial charge in [-0.3, -0.25) is 4.99 Å². The molecule has 0 aliphatic carbocycles. The number of fused-ring (bicyclic) bond motifs is 1. The number of hydrogen-bond donors (Lipinski definition) is 0. The maximum atomic E-state index is 5.50. The Morgan fingerprint density at radius 3 is 2.88 bits per heavy atom. The van der Waals surface area contributed by atoms with E-state index in [2.05, 4.69) is 36.7 Å². The number of allylic oxidation sites excluding steroid dienone is 2. The molecule has 0 bridgehead atoms. The van der Waals surface area contributed by atoms with Gasteiger partial charge >= 0.3 is 0 Å². The summed E-state index contributed by atoms with van der Waals surface area (Å²) in [6.07, 6.45) is 3.77. The minimum Gasteiger partial charge on any atom is -0.494 e. The Labute approximate surface area is 101 Å². The molecular weight excluding hydrogens is 210 g/mol. The molecule has 0 radical (unpaired) electrons. The molecule has 2 nitrogen and oxygen atoms in total. The molecule has 0 aromatic heterocycles. The van der Waals surface area contributed by atoms with Crippen molar-refractivity contribution in [2.75, 3.05) is 0 Å². The predicted molar refractivity (Wildman–Crippen MR) is 69.8 cm³/mol. The quantitative estimate of drug-likeness (QED) is 0.717. The summed E-state index contributed by atoms with van der Waals surface area (Å²) < 4.78 is 5.50. The third-order valence-corrected chi connectivity index (χ3v) is 3.28. The summed E-state index contributed by atoms with van der Waals surface area (Å²) in [7, 11) is 0. The Hall–Kier alpha value is -1.83. The van der Waals surface area contributed by atoms with E-state index < -0.39 is 0 Å². The first-order chi connectivity index (χ1) is 8.22. The van der Waals surface area contributed by atoms with Gasteiger partial charge in [0.2, 0.25) is 0 Å². The van der Waals surface area contributed by atoms with Crippen molar-refractivity contribution in [1.82, 2.24) is 0 Å². The van der Waals surface area contributed by atoms with Gasteiger partial charge in [0.1, 0.15) is 6.61 Å². The van der Waals surface area contributed by atoms with Crippen LogP contribution in [0.5, 0.6) is 0 Å². The Kier molecular flexibility index (Phi) is 2.36. The average Bonchev–Trinajstić information content (AvgIpc) is 2.75. The van der Waals surface area contributed by atoms with E-state index in [0.717, 1.165) is 18.6 Å². The van der Waals surface area contributed by atoms with Crippen molar-refractivity contribution in [3.63, 3.8) is 0 Å². The van der Waals surface area contributed by atoms with Gasteiger partial charge in [-0.05, 0) is 35.3 Å². The highest BCUT2D eigenvalue weighted by atomic mass is 16.5. The van der Waals surface area contributed by atoms with Crippen molar-refractivity contribution in [3.8, 4) is 0 Å². The molecule has 2 heteroatoms. The normalized spacial score (nSPS) is 18.3. The molecule has 0 atom stereocenters. The van der Waals surface area contributed by atoms with Gasteiger partial charge < -0.3 is 4.74 Å². The zero-order chi connectivity index (χ0) is 11.8. The van der Waals surface area contributed by atoms with Gasteiger partial charge in [-0.25, -0.2) is 0 Å². The van der Waals surface area contributed by atoms with Gasteiger partial charge in [0, 0.05) is 24.8 Å². The summed E-state index contributed by atoms with van der Waals surface area (Å²) in [5.41, 5.74) is 6.36. The number of hydrogen-bond acceptors (Lipinski definition) is 2. The maximum absolute atomic E-state index is 5.50. The number of ether oxygens (including phenoxy) is 1. The van der Waals surface area contributed by atoms with Crippen molar-refractivity contribution in [1.29, 1.82) is 0 Å². The average molecular weight is 225 g/mol. The molecule has 0 saturated carbocycles. The molecule has 1 aromatic rings. The smallest absolute Gasteiger partial charge is 0.113 e. The molecule has 0 N–H and O–H groups in total. The third kappa shape index (κ3) is 1.91. The minimum absolute atomic E-state index is 0.648. The minimum atomic E-state index is 0.648. The molecule has 17 heavy (non-hydrogen) atoms. The fourth-order valence-electron chi connectivity index (χ4n) is 2.31. The summed E-state index contributed by atoms with van der Waals surface area (Å²) >= 11 is 0. The second kappa shape index (κ2) is 3.88. The lowest BCUT2D eigenvalue weighted by Gasteiger charge is -2.20. The summed E-state index contributed by atoms with van der Waals surface area (Å²) in [5, 5.41) is 0. The SMILES string of the molecule is C=C1Cc2ccc(C3=CN=C(C)C3)cc2CO1. The molecule has 2 aliphatic rings. The molecular formula is C15H15NO. The Morgan fingerprint density at radius 2 is 2.12 bits per heavy atom. The second-order valence-corrected chi connectivity index (χ2v) is 4.68. The standard InChI is InChI=1S/C15H15NO/c1-10-5-14(8-16-10)13-4-3-12-6-11(2)17-9-15(12)7-13/h3-4,7-8H,2,5-6,9H2,1H3. The van der Waals surface area contributed by atoms with Gasteiger partial charge in [-0.1, -0.05) is 18.7 Å². The molecule has 1 aromatic carbocycles. The predicted octanol–water partition coefficient (Wildman–Crippen LogP) is 3.48. The van der Waals surface area contributed by atoms with Crippen LogP contribution in [0.1, 0.15) is 30.0 Å². The first kappa shape index (κ1) is 10.3. The number of aliphatic imine (C=N–C) groups is 1. The number of benzene rings is 1. The van der Waals surface area contributed by atoms with Gasteiger partial charge in [-0.15, -0.1) is 0 Å². The maximum Gasteiger partial charge on any atom is 0.113 e. The molecule has 0 amide bonds. The Morgan fingerprint density at radius 1 is 1.24 bits per heavy atom. The molecule has 2 aliphatic heterocycles. The van der Waals surface area contributed by atoms with Crippen LogP contribution in [0.25, 0.3) is 5.57 Å². The lowest BCUT2D eigenvalue weighted by atomic mass is 9.95. The van der Waals surface area contributed by atoms with Gasteiger partial charge in [0.25, 0.3) is 0 Å². The summed E-state index contributed by atoms with van der Waals surface area (Å²) in [5.74, 6) is 0.865. The van der Waals surface area contributed by atoms with Crippen LogP contribution in [-0.2, 0) is 17.8 Å². The van der Waals surface area contributed by atoms with Gasteiger partial charge in [-0.2, -0.15) is 0 Å². The molecule has 3 rings (SSSR count). The van der Waals surface area contributed by atoms with Crippen LogP contribution in [0.15, 0.2) is 41.7 Å². The van der Waals surface area contributed by atoms with Crippen molar-refractivity contribution >= 4 is 11.3 Å². The van der Waals surface area contributed by atoms with Crippen LogP contribution in [0.4, 0.5) is 0 Å². The molecule has 0 unspecified atom stereocenters. The lowest BCUT2D eigenvalue weighted by molar-refractivity contribution is 0.182. The van der Waals surface area contributed by atoms with E-state index in [1.165, 1.54) is 28.0 Å². The van der Waals surface area contributed by atoms with Crippen molar-refractivity contribution in [2.24, 2.45) is 4.99 Å². The van der Waals surface area contributed by atoms with E-state index in [4.69, 9.17) is 4.74 Å². The van der Waals surface area contributed by atoms with Crippen LogP contribution < -0.4 is 0 Å². The van der Waals surface area contributed by atoms with Crippen molar-refractivity contribution in [2.45, 2.75) is 26.4 Å². The fourth-order valence-corrected chi connectivity index (χ4v) is 2.31. The summed E-state index contributed by atoms with van der Waals surface area (Å²) in [4.78, 5) is 4.33. The first-order valence-electron chi connectivity index (χ1n) is 5.87. The number of rotatable bonds is 1. The highest BCUT2D eigenvalue weighted by molar-refractivity contribution is 5.96. The van der Waals surface area contributed by atoms with Crippen molar-refractivity contribution in [3.05, 3.63) is 53.4 Å². The van der Waals surface area contributed by atoms with E-state index in [1.807, 2.05) is 6.20 Å². The van der Waals surface area contributed by atoms with E-state index in [9.17, 15) is 0 Å². The Balaban J connectivity index is 1.92. The lowest BCUT2D eigenvalue weighted by Crippen LogP contribution is -2.07. The van der Waals surface area contributed by atoms with Gasteiger partial charge in [0.15, 0.2) is 0 Å². The van der Waals surface area contributed by atoms with Crippen LogP contribution in [-0.4, -0.2) is 5.71 Å². The molecule has 86 valence electrons. The Bertz CT molecular complexity index is 552. The largest absolute Gasteiger partial charge is 0.494 e. The molecule has 2 heterocycles. The molecule has 0 saturated heterocycles. The fraction of sp³-hybridized carbons (Fsp3) is 0.267. The summed E-state index contributed by atoms with van der Waals surface area (Å²) in [6, 6.07) is 6.59. The second-order valence-electron chi connectivity index (χ2n) is 4.68. The third-order valence-electron chi connectivity index (χ3n) is 3.28. The number of nitrogens with zero attached hydrogens (tertiary/aromatic N) is 1. The van der Waals surface area contributed by atoms with Crippen LogP contribution in [0.3, 0.4) is 0 Å².